The summed E-state index contributed by atoms with van der Waals surface area (Å²) in [6, 6.07) is 1.47. The van der Waals surface area contributed by atoms with Crippen LogP contribution in [0.25, 0.3) is 0 Å². The lowest BCUT2D eigenvalue weighted by Crippen LogP contribution is -2.53. The number of halogens is 2. The van der Waals surface area contributed by atoms with Crippen LogP contribution in [0.1, 0.15) is 11.6 Å². The average molecular weight is 295 g/mol. The van der Waals surface area contributed by atoms with E-state index in [1.807, 2.05) is 0 Å². The van der Waals surface area contributed by atoms with Crippen LogP contribution >= 0.6 is 0 Å². The largest absolute Gasteiger partial charge is 0.348 e. The normalized spacial score (nSPS) is 21.5. The monoisotopic (exact) mass is 295 g/mol. The van der Waals surface area contributed by atoms with Gasteiger partial charge < -0.3 is 15.5 Å². The number of benzene rings is 1. The van der Waals surface area contributed by atoms with Gasteiger partial charge in [0.15, 0.2) is 0 Å². The van der Waals surface area contributed by atoms with E-state index < -0.39 is 29.6 Å². The maximum atomic E-state index is 14.0. The molecular formula is C14H15F2N3O2. The summed E-state index contributed by atoms with van der Waals surface area (Å²) in [6.07, 6.45) is 0. The lowest BCUT2D eigenvalue weighted by atomic mass is 9.87. The second kappa shape index (κ2) is 5.51. The second-order valence-electron chi connectivity index (χ2n) is 4.98. The number of nitrogens with zero attached hydrogens (tertiary/aromatic N) is 1. The quantitative estimate of drug-likeness (QED) is 0.869. The number of amides is 3. The Morgan fingerprint density at radius 3 is 2.57 bits per heavy atom. The van der Waals surface area contributed by atoms with Crippen LogP contribution < -0.4 is 10.6 Å². The Morgan fingerprint density at radius 1 is 1.33 bits per heavy atom. The van der Waals surface area contributed by atoms with Crippen LogP contribution in [0.3, 0.4) is 0 Å². The van der Waals surface area contributed by atoms with Crippen LogP contribution in [0.15, 0.2) is 30.5 Å². The fraction of sp³-hybridized carbons (Fsp3) is 0.286. The molecule has 1 aromatic rings. The molecule has 21 heavy (non-hydrogen) atoms. The van der Waals surface area contributed by atoms with Crippen LogP contribution in [0, 0.1) is 17.6 Å². The van der Waals surface area contributed by atoms with E-state index in [4.69, 9.17) is 0 Å². The Kier molecular flexibility index (Phi) is 3.93. The minimum atomic E-state index is -0.943. The van der Waals surface area contributed by atoms with E-state index in [9.17, 15) is 18.4 Å². The SMILES string of the molecule is C=C1NC(=O)N[C@@H](c2ccc(F)cc2F)[C@H]1C(=O)N(C)C. The van der Waals surface area contributed by atoms with Crippen molar-refractivity contribution in [1.29, 1.82) is 0 Å². The average Bonchev–Trinajstić information content (AvgIpc) is 2.37. The molecule has 3 amide bonds. The fourth-order valence-electron chi connectivity index (χ4n) is 2.27. The molecule has 0 saturated carbocycles. The molecule has 0 unspecified atom stereocenters. The van der Waals surface area contributed by atoms with Crippen molar-refractivity contribution >= 4 is 11.9 Å². The molecule has 0 aliphatic carbocycles. The molecular weight excluding hydrogens is 280 g/mol. The minimum Gasteiger partial charge on any atom is -0.348 e. The van der Waals surface area contributed by atoms with Crippen LogP contribution in [0.2, 0.25) is 0 Å². The third kappa shape index (κ3) is 2.86. The van der Waals surface area contributed by atoms with Crippen LogP contribution in [-0.2, 0) is 4.79 Å². The van der Waals surface area contributed by atoms with E-state index in [-0.39, 0.29) is 17.2 Å². The summed E-state index contributed by atoms with van der Waals surface area (Å²) in [5, 5.41) is 4.90. The van der Waals surface area contributed by atoms with Crippen molar-refractivity contribution in [1.82, 2.24) is 15.5 Å². The number of rotatable bonds is 2. The zero-order valence-electron chi connectivity index (χ0n) is 11.6. The van der Waals surface area contributed by atoms with Crippen molar-refractivity contribution in [2.45, 2.75) is 6.04 Å². The molecule has 1 heterocycles. The van der Waals surface area contributed by atoms with Crippen LogP contribution in [0.4, 0.5) is 13.6 Å². The van der Waals surface area contributed by atoms with Crippen molar-refractivity contribution < 1.29 is 18.4 Å². The van der Waals surface area contributed by atoms with E-state index in [1.165, 1.54) is 11.0 Å². The zero-order chi connectivity index (χ0) is 15.7. The summed E-state index contributed by atoms with van der Waals surface area (Å²) in [4.78, 5) is 25.1. The summed E-state index contributed by atoms with van der Waals surface area (Å²) >= 11 is 0. The molecule has 112 valence electrons. The fourth-order valence-corrected chi connectivity index (χ4v) is 2.27. The molecule has 1 aromatic carbocycles. The minimum absolute atomic E-state index is 0.0348. The molecule has 5 nitrogen and oxygen atoms in total. The predicted octanol–water partition coefficient (Wildman–Crippen LogP) is 1.54. The van der Waals surface area contributed by atoms with Gasteiger partial charge in [0.1, 0.15) is 17.6 Å². The highest BCUT2D eigenvalue weighted by Crippen LogP contribution is 2.32. The Labute approximate surface area is 120 Å². The van der Waals surface area contributed by atoms with E-state index in [1.54, 1.807) is 14.1 Å². The Balaban J connectivity index is 2.47. The van der Waals surface area contributed by atoms with Gasteiger partial charge in [-0.2, -0.15) is 0 Å². The molecule has 1 fully saturated rings. The van der Waals surface area contributed by atoms with E-state index >= 15 is 0 Å². The van der Waals surface area contributed by atoms with Crippen molar-refractivity contribution in [3.8, 4) is 0 Å². The van der Waals surface area contributed by atoms with E-state index in [0.717, 1.165) is 6.07 Å². The molecule has 0 aromatic heterocycles. The van der Waals surface area contributed by atoms with Crippen LogP contribution in [-0.4, -0.2) is 30.9 Å². The zero-order valence-corrected chi connectivity index (χ0v) is 11.6. The van der Waals surface area contributed by atoms with Gasteiger partial charge in [-0.1, -0.05) is 12.6 Å². The Hall–Kier alpha value is -2.44. The van der Waals surface area contributed by atoms with Crippen molar-refractivity contribution in [2.75, 3.05) is 14.1 Å². The first-order valence-electron chi connectivity index (χ1n) is 6.23. The molecule has 0 bridgehead atoms. The molecule has 2 N–H and O–H groups in total. The first kappa shape index (κ1) is 15.0. The van der Waals surface area contributed by atoms with Gasteiger partial charge in [0.25, 0.3) is 0 Å². The molecule has 1 aliphatic heterocycles. The molecule has 2 atom stereocenters. The van der Waals surface area contributed by atoms with Gasteiger partial charge in [-0.3, -0.25) is 4.79 Å². The topological polar surface area (TPSA) is 61.4 Å². The summed E-state index contributed by atoms with van der Waals surface area (Å²) in [7, 11) is 3.09. The first-order valence-corrected chi connectivity index (χ1v) is 6.23. The highest BCUT2D eigenvalue weighted by atomic mass is 19.1. The number of nitrogens with one attached hydrogen (secondary N) is 2. The molecule has 1 aliphatic rings. The highest BCUT2D eigenvalue weighted by Gasteiger charge is 2.39. The Bertz CT molecular complexity index is 616. The standard InChI is InChI=1S/C14H15F2N3O2/c1-7-11(13(20)19(2)3)12(18-14(21)17-7)9-5-4-8(15)6-10(9)16/h4-6,11-12H,1H2,2-3H3,(H2,17,18,21)/t11-,12-/m0/s1. The van der Waals surface area contributed by atoms with Gasteiger partial charge in [0.2, 0.25) is 5.91 Å². The molecule has 2 rings (SSSR count). The smallest absolute Gasteiger partial charge is 0.319 e. The third-order valence-electron chi connectivity index (χ3n) is 3.27. The predicted molar refractivity (Wildman–Crippen MR) is 72.1 cm³/mol. The third-order valence-corrected chi connectivity index (χ3v) is 3.27. The van der Waals surface area contributed by atoms with Gasteiger partial charge in [0.05, 0.1) is 6.04 Å². The van der Waals surface area contributed by atoms with Gasteiger partial charge in [-0.25, -0.2) is 13.6 Å². The van der Waals surface area contributed by atoms with Crippen LogP contribution in [0.5, 0.6) is 0 Å². The highest BCUT2D eigenvalue weighted by molar-refractivity contribution is 5.87. The Morgan fingerprint density at radius 2 is 2.00 bits per heavy atom. The summed E-state index contributed by atoms with van der Waals surface area (Å²) in [5.41, 5.74) is 0.207. The van der Waals surface area contributed by atoms with Gasteiger partial charge in [0, 0.05) is 31.4 Å². The van der Waals surface area contributed by atoms with Crippen molar-refractivity contribution in [2.24, 2.45) is 5.92 Å². The van der Waals surface area contributed by atoms with Crippen molar-refractivity contribution in [3.05, 3.63) is 47.7 Å². The molecule has 0 spiro atoms. The summed E-state index contributed by atoms with van der Waals surface area (Å²) in [6.45, 7) is 3.66. The number of carbonyl (C=O) groups excluding carboxylic acids is 2. The van der Waals surface area contributed by atoms with Gasteiger partial charge in [-0.15, -0.1) is 0 Å². The number of hydrogen-bond donors (Lipinski definition) is 2. The molecule has 1 saturated heterocycles. The van der Waals surface area contributed by atoms with E-state index in [2.05, 4.69) is 17.2 Å². The molecule has 0 radical (unpaired) electrons. The number of urea groups is 1. The maximum absolute atomic E-state index is 14.0. The van der Waals surface area contributed by atoms with E-state index in [0.29, 0.717) is 6.07 Å². The van der Waals surface area contributed by atoms with Gasteiger partial charge in [-0.05, 0) is 6.07 Å². The summed E-state index contributed by atoms with van der Waals surface area (Å²) in [5.74, 6) is -2.78. The van der Waals surface area contributed by atoms with Gasteiger partial charge >= 0.3 is 6.03 Å². The second-order valence-corrected chi connectivity index (χ2v) is 4.98. The number of hydrogen-bond acceptors (Lipinski definition) is 2. The first-order chi connectivity index (χ1) is 9.81. The number of carbonyl (C=O) groups is 2. The maximum Gasteiger partial charge on any atom is 0.319 e. The molecule has 7 heteroatoms. The lowest BCUT2D eigenvalue weighted by Gasteiger charge is -2.35. The lowest BCUT2D eigenvalue weighted by molar-refractivity contribution is -0.132. The van der Waals surface area contributed by atoms with Crippen molar-refractivity contribution in [3.63, 3.8) is 0 Å². The summed E-state index contributed by atoms with van der Waals surface area (Å²) < 4.78 is 27.0.